The maximum Gasteiger partial charge on any atom is 0.243 e. The molecule has 0 aliphatic rings. The molecule has 0 bridgehead atoms. The molecule has 0 aliphatic heterocycles. The highest BCUT2D eigenvalue weighted by molar-refractivity contribution is 5.75. The van der Waals surface area contributed by atoms with Crippen molar-refractivity contribution in [2.75, 3.05) is 6.67 Å². The third kappa shape index (κ3) is 3.36. The van der Waals surface area contributed by atoms with Gasteiger partial charge in [0.05, 0.1) is 10.6 Å². The van der Waals surface area contributed by atoms with E-state index in [1.54, 1.807) is 0 Å². The first-order valence-corrected chi connectivity index (χ1v) is 3.25. The van der Waals surface area contributed by atoms with E-state index in [0.717, 1.165) is 13.8 Å². The van der Waals surface area contributed by atoms with E-state index in [4.69, 9.17) is 0 Å². The van der Waals surface area contributed by atoms with Crippen molar-refractivity contribution < 1.29 is 9.59 Å². The van der Waals surface area contributed by atoms with Crippen molar-refractivity contribution in [3.63, 3.8) is 0 Å². The highest BCUT2D eigenvalue weighted by atomic mass is 16.3. The van der Waals surface area contributed by atoms with Gasteiger partial charge in [-0.05, 0) is 0 Å². The van der Waals surface area contributed by atoms with Crippen LogP contribution in [0.1, 0.15) is 13.8 Å². The van der Waals surface area contributed by atoms with Crippen LogP contribution in [0.2, 0.25) is 0 Å². The Labute approximate surface area is 73.4 Å². The van der Waals surface area contributed by atoms with Crippen molar-refractivity contribution in [2.45, 2.75) is 13.8 Å². The number of rotatable bonds is 4. The monoisotopic (exact) mass is 188 g/mol. The Balaban J connectivity index is 4.36. The van der Waals surface area contributed by atoms with Crippen molar-refractivity contribution in [2.24, 2.45) is 10.6 Å². The molecule has 0 aliphatic carbocycles. The molecule has 0 saturated heterocycles. The van der Waals surface area contributed by atoms with Gasteiger partial charge in [0.15, 0.2) is 0 Å². The fourth-order valence-corrected chi connectivity index (χ4v) is 0.493. The van der Waals surface area contributed by atoms with Gasteiger partial charge in [0.1, 0.15) is 6.67 Å². The van der Waals surface area contributed by atoms with Crippen molar-refractivity contribution in [3.8, 4) is 0 Å². The van der Waals surface area contributed by atoms with Crippen LogP contribution >= 0.6 is 0 Å². The van der Waals surface area contributed by atoms with Crippen LogP contribution in [0.15, 0.2) is 10.6 Å². The maximum absolute atomic E-state index is 10.6. The van der Waals surface area contributed by atoms with Crippen molar-refractivity contribution in [3.05, 3.63) is 9.81 Å². The molecule has 0 spiro atoms. The van der Waals surface area contributed by atoms with Crippen LogP contribution < -0.4 is 0 Å². The van der Waals surface area contributed by atoms with Gasteiger partial charge < -0.3 is 0 Å². The molecule has 72 valence electrons. The molecule has 0 unspecified atom stereocenters. The lowest BCUT2D eigenvalue weighted by Crippen LogP contribution is -2.36. The zero-order valence-corrected chi connectivity index (χ0v) is 7.13. The second kappa shape index (κ2) is 4.91. The predicted molar refractivity (Wildman–Crippen MR) is 41.5 cm³/mol. The molecule has 0 rings (SSSR count). The smallest absolute Gasteiger partial charge is 0.243 e. The molecule has 8 nitrogen and oxygen atoms in total. The van der Waals surface area contributed by atoms with E-state index in [2.05, 4.69) is 10.6 Å². The molecule has 0 heterocycles. The first-order chi connectivity index (χ1) is 6.02. The minimum Gasteiger partial charge on any atom is -0.273 e. The quantitative estimate of drug-likeness (QED) is 0.352. The van der Waals surface area contributed by atoms with E-state index < -0.39 is 18.5 Å². The lowest BCUT2D eigenvalue weighted by atomic mass is 10.6. The van der Waals surface area contributed by atoms with Crippen LogP contribution in [0.3, 0.4) is 0 Å². The van der Waals surface area contributed by atoms with Crippen molar-refractivity contribution in [1.29, 1.82) is 0 Å². The van der Waals surface area contributed by atoms with Gasteiger partial charge in [0.2, 0.25) is 11.8 Å². The first-order valence-electron chi connectivity index (χ1n) is 3.25. The molecule has 0 N–H and O–H groups in total. The summed E-state index contributed by atoms with van der Waals surface area (Å²) in [6, 6.07) is 0. The summed E-state index contributed by atoms with van der Waals surface area (Å²) in [7, 11) is 0. The largest absolute Gasteiger partial charge is 0.273 e. The van der Waals surface area contributed by atoms with E-state index in [1.807, 2.05) is 0 Å². The van der Waals surface area contributed by atoms with Gasteiger partial charge >= 0.3 is 0 Å². The summed E-state index contributed by atoms with van der Waals surface area (Å²) in [6.07, 6.45) is 0. The zero-order valence-electron chi connectivity index (χ0n) is 7.13. The summed E-state index contributed by atoms with van der Waals surface area (Å²) in [5, 5.41) is 5.41. The number of amides is 2. The third-order valence-electron chi connectivity index (χ3n) is 1.19. The van der Waals surface area contributed by atoms with Gasteiger partial charge in [-0.15, -0.1) is 9.81 Å². The summed E-state index contributed by atoms with van der Waals surface area (Å²) in [5.41, 5.74) is 0. The van der Waals surface area contributed by atoms with Crippen LogP contribution in [0.5, 0.6) is 0 Å². The Morgan fingerprint density at radius 3 is 1.46 bits per heavy atom. The summed E-state index contributed by atoms with van der Waals surface area (Å²) in [5.74, 6) is -1.35. The molecule has 0 radical (unpaired) electrons. The molecule has 2 amide bonds. The fraction of sp³-hybridized carbons (Fsp3) is 0.600. The number of hydrogen-bond donors (Lipinski definition) is 0. The molecular weight excluding hydrogens is 180 g/mol. The lowest BCUT2D eigenvalue weighted by molar-refractivity contribution is -0.137. The second-order valence-corrected chi connectivity index (χ2v) is 2.14. The minimum absolute atomic E-state index is 0.406. The molecule has 13 heavy (non-hydrogen) atoms. The van der Waals surface area contributed by atoms with E-state index in [-0.39, 0.29) is 0 Å². The third-order valence-corrected chi connectivity index (χ3v) is 1.19. The number of nitroso groups, excluding NO2 is 2. The maximum atomic E-state index is 10.6. The molecule has 0 aromatic heterocycles. The van der Waals surface area contributed by atoms with Crippen molar-refractivity contribution >= 4 is 11.8 Å². The molecular formula is C5H8N4O4. The number of carbonyl (C=O) groups is 2. The van der Waals surface area contributed by atoms with Gasteiger partial charge in [-0.2, -0.15) is 10.0 Å². The fourth-order valence-electron chi connectivity index (χ4n) is 0.493. The standard InChI is InChI=1S/C5H8N4O4/c1-4(10)8(6-12)3-9(7-13)5(2)11/h3H2,1-2H3. The van der Waals surface area contributed by atoms with E-state index in [1.165, 1.54) is 0 Å². The van der Waals surface area contributed by atoms with Crippen molar-refractivity contribution in [1.82, 2.24) is 10.0 Å². The Bertz CT molecular complexity index is 217. The molecule has 8 heteroatoms. The van der Waals surface area contributed by atoms with Crippen LogP contribution in [0.25, 0.3) is 0 Å². The molecule has 0 aromatic rings. The Hall–Kier alpha value is -1.86. The highest BCUT2D eigenvalue weighted by Gasteiger charge is 2.16. The Kier molecular flexibility index (Phi) is 4.20. The van der Waals surface area contributed by atoms with Gasteiger partial charge in [0, 0.05) is 13.8 Å². The van der Waals surface area contributed by atoms with Gasteiger partial charge in [-0.3, -0.25) is 9.59 Å². The van der Waals surface area contributed by atoms with Gasteiger partial charge in [0.25, 0.3) is 0 Å². The van der Waals surface area contributed by atoms with Crippen LogP contribution in [-0.4, -0.2) is 28.5 Å². The summed E-state index contributed by atoms with van der Waals surface area (Å²) in [6.45, 7) is 1.59. The topological polar surface area (TPSA) is 99.5 Å². The molecule has 0 fully saturated rings. The average molecular weight is 188 g/mol. The zero-order chi connectivity index (χ0) is 10.4. The van der Waals surface area contributed by atoms with Crippen LogP contribution in [0, 0.1) is 9.81 Å². The number of carbonyl (C=O) groups excluding carboxylic acids is 2. The molecule has 0 atom stereocenters. The first kappa shape index (κ1) is 11.1. The number of nitrogens with zero attached hydrogens (tertiary/aromatic N) is 4. The number of hydrogen-bond acceptors (Lipinski definition) is 6. The Morgan fingerprint density at radius 1 is 1.00 bits per heavy atom. The van der Waals surface area contributed by atoms with E-state index in [0.29, 0.717) is 10.0 Å². The average Bonchev–Trinajstić information content (AvgIpc) is 2.05. The summed E-state index contributed by atoms with van der Waals surface area (Å²) in [4.78, 5) is 41.2. The summed E-state index contributed by atoms with van der Waals surface area (Å²) < 4.78 is 0. The predicted octanol–water partition coefficient (Wildman–Crippen LogP) is 0.00370. The SMILES string of the molecule is CC(=O)N(CN(N=O)C(C)=O)N=O. The van der Waals surface area contributed by atoms with Crippen LogP contribution in [-0.2, 0) is 9.59 Å². The molecule has 0 saturated carbocycles. The highest BCUT2D eigenvalue weighted by Crippen LogP contribution is 1.96. The van der Waals surface area contributed by atoms with Gasteiger partial charge in [-0.1, -0.05) is 0 Å². The minimum atomic E-state index is -0.676. The van der Waals surface area contributed by atoms with Gasteiger partial charge in [-0.25, -0.2) is 0 Å². The Morgan fingerprint density at radius 2 is 1.31 bits per heavy atom. The van der Waals surface area contributed by atoms with E-state index in [9.17, 15) is 19.4 Å². The second-order valence-electron chi connectivity index (χ2n) is 2.14. The van der Waals surface area contributed by atoms with Crippen LogP contribution in [0.4, 0.5) is 0 Å². The normalized spacial score (nSPS) is 8.77. The summed E-state index contributed by atoms with van der Waals surface area (Å²) >= 11 is 0. The molecule has 0 aromatic carbocycles. The lowest BCUT2D eigenvalue weighted by Gasteiger charge is -2.15. The van der Waals surface area contributed by atoms with E-state index >= 15 is 0 Å².